The molecule has 0 aromatic carbocycles. The Bertz CT molecular complexity index is 939. The van der Waals surface area contributed by atoms with E-state index in [4.69, 9.17) is 24.3 Å². The molecule has 9 nitrogen and oxygen atoms in total. The Hall–Kier alpha value is -1.74. The normalized spacial score (nSPS) is 14.6. The average Bonchev–Trinajstić information content (AvgIpc) is 3.11. The third-order valence-electron chi connectivity index (χ3n) is 8.43. The third kappa shape index (κ3) is 37.8. The van der Waals surface area contributed by atoms with Crippen LogP contribution in [-0.4, -0.2) is 54.5 Å². The second-order valence-corrected chi connectivity index (χ2v) is 14.8. The molecule has 298 valence electrons. The highest BCUT2D eigenvalue weighted by atomic mass is 31.2. The van der Waals surface area contributed by atoms with Crippen molar-refractivity contribution in [1.82, 2.24) is 0 Å². The predicted molar refractivity (Wildman–Crippen MR) is 211 cm³/mol. The molecule has 3 atom stereocenters. The van der Waals surface area contributed by atoms with Crippen LogP contribution in [0, 0.1) is 0 Å². The van der Waals surface area contributed by atoms with Gasteiger partial charge in [0.1, 0.15) is 6.61 Å². The van der Waals surface area contributed by atoms with E-state index >= 15 is 0 Å². The van der Waals surface area contributed by atoms with Gasteiger partial charge in [0, 0.05) is 13.0 Å². The monoisotopic (exact) mass is 742 g/mol. The maximum absolute atomic E-state index is 12.5. The molecule has 0 radical (unpaired) electrons. The first kappa shape index (κ1) is 49.3. The molecule has 0 rings (SSSR count). The van der Waals surface area contributed by atoms with Gasteiger partial charge in [0.2, 0.25) is 0 Å². The molecule has 0 spiro atoms. The van der Waals surface area contributed by atoms with Crippen LogP contribution in [0.15, 0.2) is 48.8 Å². The predicted octanol–water partition coefficient (Wildman–Crippen LogP) is 11.0. The first-order chi connectivity index (χ1) is 24.8. The summed E-state index contributed by atoms with van der Waals surface area (Å²) < 4.78 is 33.1. The van der Waals surface area contributed by atoms with Crippen LogP contribution in [0.1, 0.15) is 168 Å². The summed E-state index contributed by atoms with van der Waals surface area (Å²) in [5, 5.41) is 10.1. The molecule has 4 N–H and O–H groups in total. The highest BCUT2D eigenvalue weighted by molar-refractivity contribution is 7.47. The lowest BCUT2D eigenvalue weighted by molar-refractivity contribution is -0.153. The Morgan fingerprint density at radius 2 is 1.33 bits per heavy atom. The number of hydrogen-bond donors (Lipinski definition) is 3. The van der Waals surface area contributed by atoms with Crippen LogP contribution in [0.2, 0.25) is 0 Å². The zero-order chi connectivity index (χ0) is 37.5. The van der Waals surface area contributed by atoms with Crippen molar-refractivity contribution in [3.63, 3.8) is 0 Å². The van der Waals surface area contributed by atoms with E-state index < -0.39 is 26.0 Å². The van der Waals surface area contributed by atoms with Gasteiger partial charge in [-0.25, -0.2) is 4.57 Å². The minimum absolute atomic E-state index is 0.000336. The van der Waals surface area contributed by atoms with Crippen molar-refractivity contribution in [2.75, 3.05) is 26.4 Å². The SMILES string of the molecule is CC/C=C/C/C=C/C=C/C(O)CCCCCCCC(=O)O[C@H](CO/C=C/CCCCCCCCCCCCCCCC)COP(=O)(O)OCCN. The van der Waals surface area contributed by atoms with Gasteiger partial charge in [0.25, 0.3) is 0 Å². The molecule has 0 fully saturated rings. The number of rotatable bonds is 38. The minimum atomic E-state index is -4.32. The highest BCUT2D eigenvalue weighted by Crippen LogP contribution is 2.43. The molecular weight excluding hydrogens is 665 g/mol. The first-order valence-electron chi connectivity index (χ1n) is 20.3. The number of aliphatic hydroxyl groups excluding tert-OH is 1. The minimum Gasteiger partial charge on any atom is -0.498 e. The Morgan fingerprint density at radius 1 is 0.725 bits per heavy atom. The summed E-state index contributed by atoms with van der Waals surface area (Å²) >= 11 is 0. The van der Waals surface area contributed by atoms with Crippen molar-refractivity contribution < 1.29 is 37.9 Å². The summed E-state index contributed by atoms with van der Waals surface area (Å²) in [6, 6.07) is 0. The second-order valence-electron chi connectivity index (χ2n) is 13.4. The van der Waals surface area contributed by atoms with Crippen LogP contribution in [0.3, 0.4) is 0 Å². The van der Waals surface area contributed by atoms with Gasteiger partial charge in [-0.05, 0) is 44.6 Å². The van der Waals surface area contributed by atoms with Crippen molar-refractivity contribution in [2.45, 2.75) is 180 Å². The van der Waals surface area contributed by atoms with E-state index in [0.717, 1.165) is 51.4 Å². The zero-order valence-corrected chi connectivity index (χ0v) is 33.3. The van der Waals surface area contributed by atoms with E-state index in [0.29, 0.717) is 12.8 Å². The number of nitrogens with two attached hydrogens (primary N) is 1. The number of carbonyl (C=O) groups is 1. The van der Waals surface area contributed by atoms with Gasteiger partial charge in [0.15, 0.2) is 6.10 Å². The second kappa shape index (κ2) is 38.0. The maximum atomic E-state index is 12.5. The summed E-state index contributed by atoms with van der Waals surface area (Å²) in [6.45, 7) is 3.99. The van der Waals surface area contributed by atoms with Gasteiger partial charge >= 0.3 is 13.8 Å². The lowest BCUT2D eigenvalue weighted by Gasteiger charge is -2.19. The molecule has 2 unspecified atom stereocenters. The Labute approximate surface area is 312 Å². The zero-order valence-electron chi connectivity index (χ0n) is 32.4. The summed E-state index contributed by atoms with van der Waals surface area (Å²) in [7, 11) is -4.32. The molecule has 0 saturated heterocycles. The van der Waals surface area contributed by atoms with Crippen molar-refractivity contribution in [3.8, 4) is 0 Å². The van der Waals surface area contributed by atoms with E-state index in [2.05, 4.69) is 32.1 Å². The van der Waals surface area contributed by atoms with Gasteiger partial charge in [-0.1, -0.05) is 159 Å². The fraction of sp³-hybridized carbons (Fsp3) is 0.780. The highest BCUT2D eigenvalue weighted by Gasteiger charge is 2.25. The molecule has 0 amide bonds. The molecule has 0 aliphatic rings. The van der Waals surface area contributed by atoms with E-state index in [-0.39, 0.29) is 32.8 Å². The topological polar surface area (TPSA) is 138 Å². The van der Waals surface area contributed by atoms with Crippen LogP contribution in [0.4, 0.5) is 0 Å². The van der Waals surface area contributed by atoms with Gasteiger partial charge in [-0.3, -0.25) is 13.8 Å². The van der Waals surface area contributed by atoms with Crippen LogP contribution in [0.25, 0.3) is 0 Å². The summed E-state index contributed by atoms with van der Waals surface area (Å²) in [5.41, 5.74) is 5.35. The van der Waals surface area contributed by atoms with E-state index in [9.17, 15) is 19.4 Å². The van der Waals surface area contributed by atoms with Crippen molar-refractivity contribution in [1.29, 1.82) is 0 Å². The van der Waals surface area contributed by atoms with Crippen LogP contribution in [-0.2, 0) is 27.9 Å². The number of allylic oxidation sites excluding steroid dienone is 6. The number of unbranched alkanes of at least 4 members (excludes halogenated alkanes) is 18. The van der Waals surface area contributed by atoms with E-state index in [1.54, 1.807) is 6.26 Å². The molecule has 51 heavy (non-hydrogen) atoms. The molecule has 0 aliphatic carbocycles. The number of phosphoric acid groups is 1. The standard InChI is InChI=1S/C41H76NO8P/c1-3-5-7-9-11-12-13-14-15-16-17-18-19-21-26-30-35-47-37-40(38-49-51(45,46)48-36-34-42)50-41(44)33-29-25-22-24-28-32-39(43)31-27-23-20-10-8-6-4-2/h6,8,20,23,27,30-31,35,39-40,43H,3-5,7,9-19,21-22,24-26,28-29,32-34,36-38,42H2,1-2H3,(H,45,46)/b8-6+,23-20+,31-27+,35-30+/t39?,40-/m1/s1. The molecule has 0 aromatic rings. The van der Waals surface area contributed by atoms with Crippen LogP contribution >= 0.6 is 7.82 Å². The number of carbonyl (C=O) groups excluding carboxylic acids is 1. The fourth-order valence-electron chi connectivity index (χ4n) is 5.44. The average molecular weight is 742 g/mol. The number of aliphatic hydroxyl groups is 1. The maximum Gasteiger partial charge on any atom is 0.472 e. The van der Waals surface area contributed by atoms with Gasteiger partial charge in [-0.15, -0.1) is 0 Å². The van der Waals surface area contributed by atoms with E-state index in [1.165, 1.54) is 83.5 Å². The van der Waals surface area contributed by atoms with Gasteiger partial charge < -0.3 is 25.2 Å². The molecule has 0 heterocycles. The lowest BCUT2D eigenvalue weighted by Crippen LogP contribution is -2.27. The van der Waals surface area contributed by atoms with Crippen molar-refractivity contribution in [3.05, 3.63) is 48.8 Å². The quantitative estimate of drug-likeness (QED) is 0.0141. The Morgan fingerprint density at radius 3 is 1.96 bits per heavy atom. The van der Waals surface area contributed by atoms with E-state index in [1.807, 2.05) is 24.3 Å². The lowest BCUT2D eigenvalue weighted by atomic mass is 10.0. The summed E-state index contributed by atoms with van der Waals surface area (Å²) in [5.74, 6) is -0.409. The largest absolute Gasteiger partial charge is 0.498 e. The number of esters is 1. The fourth-order valence-corrected chi connectivity index (χ4v) is 6.21. The molecular formula is C41H76NO8P. The summed E-state index contributed by atoms with van der Waals surface area (Å²) in [4.78, 5) is 22.4. The molecule has 10 heteroatoms. The Balaban J connectivity index is 4.21. The molecule has 0 saturated carbocycles. The van der Waals surface area contributed by atoms with Crippen molar-refractivity contribution >= 4 is 13.8 Å². The summed E-state index contributed by atoms with van der Waals surface area (Å²) in [6.07, 6.45) is 41.0. The van der Waals surface area contributed by atoms with Gasteiger partial charge in [0.05, 0.1) is 25.6 Å². The molecule has 0 bridgehead atoms. The molecule has 0 aromatic heterocycles. The van der Waals surface area contributed by atoms with Crippen molar-refractivity contribution in [2.24, 2.45) is 5.73 Å². The first-order valence-corrected chi connectivity index (χ1v) is 21.8. The number of phosphoric ester groups is 1. The van der Waals surface area contributed by atoms with Crippen LogP contribution in [0.5, 0.6) is 0 Å². The van der Waals surface area contributed by atoms with Crippen LogP contribution < -0.4 is 5.73 Å². The smallest absolute Gasteiger partial charge is 0.472 e. The van der Waals surface area contributed by atoms with Gasteiger partial charge in [-0.2, -0.15) is 0 Å². The Kier molecular flexibility index (Phi) is 36.7. The third-order valence-corrected chi connectivity index (χ3v) is 9.41. The number of ether oxygens (including phenoxy) is 2. The molecule has 0 aliphatic heterocycles. The number of hydrogen-bond acceptors (Lipinski definition) is 8.